The van der Waals surface area contributed by atoms with E-state index in [2.05, 4.69) is 16.0 Å². The van der Waals surface area contributed by atoms with Crippen LogP contribution >= 0.6 is 0 Å². The summed E-state index contributed by atoms with van der Waals surface area (Å²) < 4.78 is 4.88. The van der Waals surface area contributed by atoms with Gasteiger partial charge in [0.2, 0.25) is 5.91 Å². The van der Waals surface area contributed by atoms with Crippen molar-refractivity contribution in [2.75, 3.05) is 25.6 Å². The van der Waals surface area contributed by atoms with Gasteiger partial charge in [-0.25, -0.2) is 4.79 Å². The normalized spacial score (nSPS) is 11.8. The number of hydrogen-bond donors (Lipinski definition) is 3. The van der Waals surface area contributed by atoms with Crippen molar-refractivity contribution in [3.63, 3.8) is 0 Å². The van der Waals surface area contributed by atoms with Gasteiger partial charge in [0.25, 0.3) is 0 Å². The van der Waals surface area contributed by atoms with E-state index in [-0.39, 0.29) is 11.8 Å². The summed E-state index contributed by atoms with van der Waals surface area (Å²) in [5.74, 6) is -0.237. The Bertz CT molecular complexity index is 449. The number of nitrogens with one attached hydrogen (secondary N) is 3. The minimum Gasteiger partial charge on any atom is -0.383 e. The molecular formula is C15H23N3O3. The topological polar surface area (TPSA) is 79.5 Å². The number of urea groups is 1. The minimum absolute atomic E-state index is 0.0194. The number of carbonyl (C=O) groups excluding carboxylic acids is 2. The Morgan fingerprint density at radius 3 is 2.43 bits per heavy atom. The molecule has 0 radical (unpaired) electrons. The molecule has 0 heterocycles. The second-order valence-electron chi connectivity index (χ2n) is 4.97. The molecule has 0 saturated heterocycles. The molecule has 116 valence electrons. The van der Waals surface area contributed by atoms with Gasteiger partial charge in [-0.1, -0.05) is 32.0 Å². The molecule has 6 heteroatoms. The molecule has 0 spiro atoms. The zero-order valence-corrected chi connectivity index (χ0v) is 12.7. The van der Waals surface area contributed by atoms with Gasteiger partial charge >= 0.3 is 6.03 Å². The van der Waals surface area contributed by atoms with Crippen molar-refractivity contribution in [3.05, 3.63) is 30.3 Å². The van der Waals surface area contributed by atoms with Crippen LogP contribution in [0.4, 0.5) is 10.5 Å². The van der Waals surface area contributed by atoms with Gasteiger partial charge in [-0.05, 0) is 18.1 Å². The van der Waals surface area contributed by atoms with Gasteiger partial charge in [0.05, 0.1) is 6.61 Å². The van der Waals surface area contributed by atoms with E-state index in [1.807, 2.05) is 32.0 Å². The van der Waals surface area contributed by atoms with Crippen molar-refractivity contribution in [2.24, 2.45) is 5.92 Å². The molecular weight excluding hydrogens is 270 g/mol. The molecule has 0 aliphatic carbocycles. The third-order valence-electron chi connectivity index (χ3n) is 2.87. The van der Waals surface area contributed by atoms with E-state index in [1.54, 1.807) is 19.2 Å². The Kier molecular flexibility index (Phi) is 7.25. The van der Waals surface area contributed by atoms with Gasteiger partial charge in [-0.3, -0.25) is 4.79 Å². The number of carbonyl (C=O) groups is 2. The highest BCUT2D eigenvalue weighted by atomic mass is 16.5. The second kappa shape index (κ2) is 8.97. The van der Waals surface area contributed by atoms with E-state index < -0.39 is 12.1 Å². The summed E-state index contributed by atoms with van der Waals surface area (Å²) >= 11 is 0. The van der Waals surface area contributed by atoms with Crippen LogP contribution in [-0.2, 0) is 9.53 Å². The summed E-state index contributed by atoms with van der Waals surface area (Å²) in [6, 6.07) is 8.08. The van der Waals surface area contributed by atoms with Crippen LogP contribution in [0.2, 0.25) is 0 Å². The molecule has 0 fully saturated rings. The molecule has 0 saturated carbocycles. The summed E-state index contributed by atoms with van der Waals surface area (Å²) in [4.78, 5) is 24.0. The molecule has 1 aromatic carbocycles. The first-order chi connectivity index (χ1) is 10.0. The lowest BCUT2D eigenvalue weighted by atomic mass is 10.0. The molecule has 21 heavy (non-hydrogen) atoms. The Balaban J connectivity index is 2.53. The highest BCUT2D eigenvalue weighted by Gasteiger charge is 2.23. The maximum absolute atomic E-state index is 12.0. The summed E-state index contributed by atoms with van der Waals surface area (Å²) in [7, 11) is 1.57. The molecule has 3 N–H and O–H groups in total. The predicted molar refractivity (Wildman–Crippen MR) is 82.1 cm³/mol. The van der Waals surface area contributed by atoms with Crippen molar-refractivity contribution in [1.29, 1.82) is 0 Å². The smallest absolute Gasteiger partial charge is 0.319 e. The van der Waals surface area contributed by atoms with Gasteiger partial charge in [0, 0.05) is 19.3 Å². The molecule has 6 nitrogen and oxygen atoms in total. The Morgan fingerprint density at radius 1 is 1.19 bits per heavy atom. The summed E-state index contributed by atoms with van der Waals surface area (Å²) in [5, 5.41) is 8.11. The van der Waals surface area contributed by atoms with Crippen LogP contribution in [0, 0.1) is 5.92 Å². The number of rotatable bonds is 7. The predicted octanol–water partition coefficient (Wildman–Crippen LogP) is 1.60. The second-order valence-corrected chi connectivity index (χ2v) is 4.97. The number of anilines is 1. The van der Waals surface area contributed by atoms with Crippen LogP contribution in [0.15, 0.2) is 30.3 Å². The molecule has 0 aromatic heterocycles. The fourth-order valence-electron chi connectivity index (χ4n) is 1.75. The Morgan fingerprint density at radius 2 is 1.86 bits per heavy atom. The molecule has 0 aliphatic rings. The van der Waals surface area contributed by atoms with Gasteiger partial charge < -0.3 is 20.7 Å². The van der Waals surface area contributed by atoms with Gasteiger partial charge in [0.15, 0.2) is 0 Å². The average Bonchev–Trinajstić information content (AvgIpc) is 2.45. The maximum atomic E-state index is 12.0. The minimum atomic E-state index is -0.592. The van der Waals surface area contributed by atoms with Crippen LogP contribution in [0.3, 0.4) is 0 Å². The zero-order chi connectivity index (χ0) is 15.7. The van der Waals surface area contributed by atoms with E-state index >= 15 is 0 Å². The summed E-state index contributed by atoms with van der Waals surface area (Å²) in [6.07, 6.45) is 0. The van der Waals surface area contributed by atoms with Crippen LogP contribution < -0.4 is 16.0 Å². The standard InChI is InChI=1S/C15H23N3O3/c1-11(2)13(14(19)16-9-10-21-3)18-15(20)17-12-7-5-4-6-8-12/h4-8,11,13H,9-10H2,1-3H3,(H,16,19)(H2,17,18,20)/t13-/m1/s1. The largest absolute Gasteiger partial charge is 0.383 e. The summed E-state index contributed by atoms with van der Waals surface area (Å²) in [5.41, 5.74) is 0.678. The third kappa shape index (κ3) is 6.27. The van der Waals surface area contributed by atoms with E-state index in [1.165, 1.54) is 0 Å². The molecule has 0 aliphatic heterocycles. The first kappa shape index (κ1) is 17.0. The lowest BCUT2D eigenvalue weighted by Crippen LogP contribution is -2.51. The van der Waals surface area contributed by atoms with Crippen LogP contribution in [-0.4, -0.2) is 38.2 Å². The maximum Gasteiger partial charge on any atom is 0.319 e. The molecule has 0 bridgehead atoms. The molecule has 1 rings (SSSR count). The lowest BCUT2D eigenvalue weighted by Gasteiger charge is -2.21. The molecule has 1 aromatic rings. The fourth-order valence-corrected chi connectivity index (χ4v) is 1.75. The highest BCUT2D eigenvalue weighted by molar-refractivity contribution is 5.93. The third-order valence-corrected chi connectivity index (χ3v) is 2.87. The van der Waals surface area contributed by atoms with Crippen molar-refractivity contribution in [2.45, 2.75) is 19.9 Å². The quantitative estimate of drug-likeness (QED) is 0.668. The monoisotopic (exact) mass is 293 g/mol. The van der Waals surface area contributed by atoms with Crippen LogP contribution in [0.25, 0.3) is 0 Å². The molecule has 0 unspecified atom stereocenters. The fraction of sp³-hybridized carbons (Fsp3) is 0.467. The number of hydrogen-bond acceptors (Lipinski definition) is 3. The first-order valence-electron chi connectivity index (χ1n) is 6.93. The lowest BCUT2D eigenvalue weighted by molar-refractivity contribution is -0.124. The Hall–Kier alpha value is -2.08. The number of benzene rings is 1. The van der Waals surface area contributed by atoms with E-state index in [9.17, 15) is 9.59 Å². The zero-order valence-electron chi connectivity index (χ0n) is 12.7. The summed E-state index contributed by atoms with van der Waals surface area (Å²) in [6.45, 7) is 4.61. The first-order valence-corrected chi connectivity index (χ1v) is 6.93. The van der Waals surface area contributed by atoms with E-state index in [4.69, 9.17) is 4.74 Å². The van der Waals surface area contributed by atoms with Crippen molar-refractivity contribution >= 4 is 17.6 Å². The van der Waals surface area contributed by atoms with Crippen molar-refractivity contribution < 1.29 is 14.3 Å². The van der Waals surface area contributed by atoms with Crippen LogP contribution in [0.5, 0.6) is 0 Å². The van der Waals surface area contributed by atoms with Crippen molar-refractivity contribution in [1.82, 2.24) is 10.6 Å². The SMILES string of the molecule is COCCNC(=O)[C@H](NC(=O)Nc1ccccc1)C(C)C. The van der Waals surface area contributed by atoms with Gasteiger partial charge in [0.1, 0.15) is 6.04 Å². The number of para-hydroxylation sites is 1. The highest BCUT2D eigenvalue weighted by Crippen LogP contribution is 2.06. The van der Waals surface area contributed by atoms with Gasteiger partial charge in [-0.15, -0.1) is 0 Å². The Labute approximate surface area is 125 Å². The number of ether oxygens (including phenoxy) is 1. The average molecular weight is 293 g/mol. The molecule has 1 atom stereocenters. The van der Waals surface area contributed by atoms with Crippen molar-refractivity contribution in [3.8, 4) is 0 Å². The van der Waals surface area contributed by atoms with Crippen LogP contribution in [0.1, 0.15) is 13.8 Å². The van der Waals surface area contributed by atoms with E-state index in [0.717, 1.165) is 0 Å². The molecule has 3 amide bonds. The number of amides is 3. The van der Waals surface area contributed by atoms with Gasteiger partial charge in [-0.2, -0.15) is 0 Å². The number of methoxy groups -OCH3 is 1. The van der Waals surface area contributed by atoms with E-state index in [0.29, 0.717) is 18.8 Å².